The van der Waals surface area contributed by atoms with Crippen LogP contribution in [-0.4, -0.2) is 16.0 Å². The zero-order chi connectivity index (χ0) is 6.97. The Morgan fingerprint density at radius 3 is 3.20 bits per heavy atom. The summed E-state index contributed by atoms with van der Waals surface area (Å²) in [5.74, 6) is 2.85. The van der Waals surface area contributed by atoms with Gasteiger partial charge < -0.3 is 4.42 Å². The van der Waals surface area contributed by atoms with Crippen molar-refractivity contribution >= 4 is 11.8 Å². The molecule has 0 amide bonds. The fourth-order valence-corrected chi connectivity index (χ4v) is 1.80. The Morgan fingerprint density at radius 2 is 2.70 bits per heavy atom. The molecule has 0 aromatic carbocycles. The van der Waals surface area contributed by atoms with E-state index in [-0.39, 0.29) is 0 Å². The molecule has 3 heteroatoms. The van der Waals surface area contributed by atoms with Crippen molar-refractivity contribution in [2.24, 2.45) is 0 Å². The fraction of sp³-hybridized carbons (Fsp3) is 0.571. The van der Waals surface area contributed by atoms with E-state index in [9.17, 15) is 0 Å². The Balaban J connectivity index is 2.11. The molecule has 1 saturated heterocycles. The lowest BCUT2D eigenvalue weighted by atomic mass is 10.1. The van der Waals surface area contributed by atoms with E-state index >= 15 is 0 Å². The summed E-state index contributed by atoms with van der Waals surface area (Å²) >= 11 is 1.99. The standard InChI is InChI=1S/C7H9NOS/c1-5(7-3-10-7)6-2-8-4-9-6/h2,4-5,7H,3H2,1H3. The highest BCUT2D eigenvalue weighted by atomic mass is 32.2. The molecule has 2 nitrogen and oxygen atoms in total. The fourth-order valence-electron chi connectivity index (χ4n) is 0.978. The van der Waals surface area contributed by atoms with Crippen molar-refractivity contribution in [3.8, 4) is 0 Å². The average molecular weight is 155 g/mol. The number of hydrogen-bond acceptors (Lipinski definition) is 3. The minimum Gasteiger partial charge on any atom is -0.448 e. The quantitative estimate of drug-likeness (QED) is 0.610. The summed E-state index contributed by atoms with van der Waals surface area (Å²) in [7, 11) is 0. The lowest BCUT2D eigenvalue weighted by molar-refractivity contribution is 0.475. The van der Waals surface area contributed by atoms with Crippen molar-refractivity contribution < 1.29 is 4.42 Å². The maximum Gasteiger partial charge on any atom is 0.180 e. The van der Waals surface area contributed by atoms with Gasteiger partial charge >= 0.3 is 0 Å². The topological polar surface area (TPSA) is 26.0 Å². The van der Waals surface area contributed by atoms with E-state index in [1.807, 2.05) is 18.0 Å². The normalized spacial score (nSPS) is 26.3. The number of rotatable bonds is 2. The second-order valence-corrected chi connectivity index (χ2v) is 3.84. The van der Waals surface area contributed by atoms with Gasteiger partial charge in [0.25, 0.3) is 0 Å². The van der Waals surface area contributed by atoms with Gasteiger partial charge in [0, 0.05) is 16.9 Å². The van der Waals surface area contributed by atoms with Gasteiger partial charge in [-0.3, -0.25) is 0 Å². The molecule has 2 unspecified atom stereocenters. The van der Waals surface area contributed by atoms with Crippen LogP contribution in [0.25, 0.3) is 0 Å². The molecule has 0 aliphatic carbocycles. The largest absolute Gasteiger partial charge is 0.448 e. The van der Waals surface area contributed by atoms with Crippen molar-refractivity contribution in [2.75, 3.05) is 5.75 Å². The molecular weight excluding hydrogens is 146 g/mol. The van der Waals surface area contributed by atoms with E-state index in [4.69, 9.17) is 4.42 Å². The second-order valence-electron chi connectivity index (χ2n) is 2.56. The van der Waals surface area contributed by atoms with Crippen LogP contribution in [0.2, 0.25) is 0 Å². The Hall–Kier alpha value is -0.440. The van der Waals surface area contributed by atoms with Crippen molar-refractivity contribution in [1.29, 1.82) is 0 Å². The summed E-state index contributed by atoms with van der Waals surface area (Å²) in [6, 6.07) is 0. The van der Waals surface area contributed by atoms with Crippen LogP contribution in [0.15, 0.2) is 17.0 Å². The maximum atomic E-state index is 5.17. The third kappa shape index (κ3) is 1.06. The Bertz CT molecular complexity index is 205. The first-order valence-electron chi connectivity index (χ1n) is 3.38. The molecule has 2 rings (SSSR count). The van der Waals surface area contributed by atoms with Gasteiger partial charge in [-0.15, -0.1) is 0 Å². The number of oxazole rings is 1. The molecule has 2 atom stereocenters. The zero-order valence-corrected chi connectivity index (χ0v) is 6.60. The number of thioether (sulfide) groups is 1. The summed E-state index contributed by atoms with van der Waals surface area (Å²) < 4.78 is 5.17. The van der Waals surface area contributed by atoms with Gasteiger partial charge in [-0.1, -0.05) is 6.92 Å². The van der Waals surface area contributed by atoms with Gasteiger partial charge in [-0.05, 0) is 0 Å². The summed E-state index contributed by atoms with van der Waals surface area (Å²) in [6.45, 7) is 2.19. The van der Waals surface area contributed by atoms with Crippen LogP contribution < -0.4 is 0 Å². The summed E-state index contributed by atoms with van der Waals surface area (Å²) in [6.07, 6.45) is 3.31. The Kier molecular flexibility index (Phi) is 1.45. The average Bonchev–Trinajstić information content (AvgIpc) is 2.65. The highest BCUT2D eigenvalue weighted by Gasteiger charge is 2.31. The van der Waals surface area contributed by atoms with E-state index < -0.39 is 0 Å². The van der Waals surface area contributed by atoms with Crippen LogP contribution in [0.5, 0.6) is 0 Å². The molecule has 0 radical (unpaired) electrons. The van der Waals surface area contributed by atoms with E-state index in [1.165, 1.54) is 12.1 Å². The maximum absolute atomic E-state index is 5.17. The van der Waals surface area contributed by atoms with Crippen LogP contribution in [0.1, 0.15) is 18.6 Å². The van der Waals surface area contributed by atoms with Gasteiger partial charge in [0.2, 0.25) is 0 Å². The van der Waals surface area contributed by atoms with E-state index in [0.29, 0.717) is 5.92 Å². The highest BCUT2D eigenvalue weighted by molar-refractivity contribution is 8.06. The lowest BCUT2D eigenvalue weighted by Crippen LogP contribution is -1.97. The molecule has 1 aliphatic heterocycles. The molecule has 1 aromatic heterocycles. The molecule has 1 fully saturated rings. The molecule has 54 valence electrons. The third-order valence-electron chi connectivity index (χ3n) is 1.82. The molecule has 1 aromatic rings. The number of aromatic nitrogens is 1. The number of hydrogen-bond donors (Lipinski definition) is 0. The first-order valence-corrected chi connectivity index (χ1v) is 4.43. The predicted molar refractivity (Wildman–Crippen MR) is 41.2 cm³/mol. The minimum atomic E-state index is 0.549. The van der Waals surface area contributed by atoms with Crippen LogP contribution in [0.4, 0.5) is 0 Å². The van der Waals surface area contributed by atoms with Crippen molar-refractivity contribution in [1.82, 2.24) is 4.98 Å². The summed E-state index contributed by atoms with van der Waals surface area (Å²) in [5, 5.41) is 0.785. The SMILES string of the molecule is CC(c1cnco1)C1CS1. The molecule has 1 aliphatic rings. The molecule has 2 heterocycles. The Morgan fingerprint density at radius 1 is 1.90 bits per heavy atom. The summed E-state index contributed by atoms with van der Waals surface area (Å²) in [4.78, 5) is 3.88. The Labute approximate surface area is 64.0 Å². The van der Waals surface area contributed by atoms with Gasteiger partial charge in [-0.25, -0.2) is 4.98 Å². The smallest absolute Gasteiger partial charge is 0.180 e. The first-order chi connectivity index (χ1) is 4.88. The predicted octanol–water partition coefficient (Wildman–Crippen LogP) is 1.89. The van der Waals surface area contributed by atoms with Crippen LogP contribution >= 0.6 is 11.8 Å². The van der Waals surface area contributed by atoms with E-state index in [2.05, 4.69) is 11.9 Å². The van der Waals surface area contributed by atoms with E-state index in [0.717, 1.165) is 11.0 Å². The van der Waals surface area contributed by atoms with Gasteiger partial charge in [0.05, 0.1) is 6.20 Å². The first kappa shape index (κ1) is 6.28. The summed E-state index contributed by atoms with van der Waals surface area (Å²) in [5.41, 5.74) is 0. The zero-order valence-electron chi connectivity index (χ0n) is 5.78. The third-order valence-corrected chi connectivity index (χ3v) is 2.94. The van der Waals surface area contributed by atoms with Gasteiger partial charge in [0.1, 0.15) is 5.76 Å². The van der Waals surface area contributed by atoms with Crippen molar-refractivity contribution in [3.63, 3.8) is 0 Å². The lowest BCUT2D eigenvalue weighted by Gasteiger charge is -2.01. The van der Waals surface area contributed by atoms with E-state index in [1.54, 1.807) is 0 Å². The van der Waals surface area contributed by atoms with Gasteiger partial charge in [-0.2, -0.15) is 11.8 Å². The van der Waals surface area contributed by atoms with Crippen LogP contribution in [-0.2, 0) is 0 Å². The van der Waals surface area contributed by atoms with Crippen LogP contribution in [0.3, 0.4) is 0 Å². The molecule has 0 bridgehead atoms. The van der Waals surface area contributed by atoms with Crippen molar-refractivity contribution in [2.45, 2.75) is 18.1 Å². The monoisotopic (exact) mass is 155 g/mol. The van der Waals surface area contributed by atoms with Gasteiger partial charge in [0.15, 0.2) is 6.39 Å². The molecule has 10 heavy (non-hydrogen) atoms. The second kappa shape index (κ2) is 2.31. The molecular formula is C7H9NOS. The molecule has 0 N–H and O–H groups in total. The molecule has 0 saturated carbocycles. The van der Waals surface area contributed by atoms with Crippen molar-refractivity contribution in [3.05, 3.63) is 18.4 Å². The minimum absolute atomic E-state index is 0.549. The highest BCUT2D eigenvalue weighted by Crippen LogP contribution is 2.41. The number of nitrogens with zero attached hydrogens (tertiary/aromatic N) is 1. The van der Waals surface area contributed by atoms with Crippen LogP contribution in [0, 0.1) is 0 Å². The molecule has 0 spiro atoms.